The van der Waals surface area contributed by atoms with Gasteiger partial charge in [-0.2, -0.15) is 0 Å². The number of halogens is 2. The molecule has 0 radical (unpaired) electrons. The van der Waals surface area contributed by atoms with Crippen molar-refractivity contribution in [2.24, 2.45) is 11.8 Å². The third-order valence-corrected chi connectivity index (χ3v) is 11.3. The number of piperidine rings is 1. The Morgan fingerprint density at radius 1 is 1.14 bits per heavy atom. The van der Waals surface area contributed by atoms with Crippen molar-refractivity contribution < 1.29 is 18.9 Å². The molecule has 2 unspecified atom stereocenters. The van der Waals surface area contributed by atoms with Crippen molar-refractivity contribution in [3.8, 4) is 11.5 Å². The Bertz CT molecular complexity index is 1170. The van der Waals surface area contributed by atoms with Crippen LogP contribution in [0.3, 0.4) is 0 Å². The number of benzene rings is 2. The maximum Gasteiger partial charge on any atom is 0.219 e. The van der Waals surface area contributed by atoms with Crippen LogP contribution in [0.25, 0.3) is 0 Å². The predicted molar refractivity (Wildman–Crippen MR) is 145 cm³/mol. The third-order valence-electron chi connectivity index (χ3n) is 9.62. The van der Waals surface area contributed by atoms with Gasteiger partial charge in [0, 0.05) is 42.3 Å². The Balaban J connectivity index is 1.36. The molecule has 3 aliphatic carbocycles. The minimum Gasteiger partial charge on any atom is -0.485 e. The molecule has 5 aliphatic rings. The molecule has 0 amide bonds. The van der Waals surface area contributed by atoms with E-state index in [1.165, 1.54) is 30.5 Å². The number of nitrogens with zero attached hydrogens (tertiary/aromatic N) is 1. The molecule has 36 heavy (non-hydrogen) atoms. The largest absolute Gasteiger partial charge is 0.485 e. The van der Waals surface area contributed by atoms with Crippen LogP contribution in [0.2, 0.25) is 0 Å². The molecular formula is C29H33Br2NO4. The van der Waals surface area contributed by atoms with Crippen LogP contribution in [-0.2, 0) is 27.9 Å². The van der Waals surface area contributed by atoms with Crippen molar-refractivity contribution in [3.05, 3.63) is 57.6 Å². The summed E-state index contributed by atoms with van der Waals surface area (Å²) in [6, 6.07) is 12.9. The highest BCUT2D eigenvalue weighted by Crippen LogP contribution is 2.67. The fourth-order valence-electron chi connectivity index (χ4n) is 7.82. The van der Waals surface area contributed by atoms with E-state index in [0.29, 0.717) is 18.6 Å². The molecule has 2 aromatic carbocycles. The maximum atomic E-state index is 7.01. The molecule has 0 N–H and O–H groups in total. The summed E-state index contributed by atoms with van der Waals surface area (Å²) >= 11 is 7.97. The number of methoxy groups -OCH3 is 2. The average molecular weight is 619 g/mol. The highest BCUT2D eigenvalue weighted by atomic mass is 79.9. The monoisotopic (exact) mass is 617 g/mol. The van der Waals surface area contributed by atoms with E-state index in [9.17, 15) is 0 Å². The zero-order chi connectivity index (χ0) is 24.7. The van der Waals surface area contributed by atoms with Gasteiger partial charge < -0.3 is 18.9 Å². The molecule has 2 bridgehead atoms. The summed E-state index contributed by atoms with van der Waals surface area (Å²) in [6.07, 6.45) is 5.62. The van der Waals surface area contributed by atoms with Gasteiger partial charge >= 0.3 is 0 Å². The normalized spacial score (nSPS) is 33.7. The second kappa shape index (κ2) is 8.70. The lowest BCUT2D eigenvalue weighted by molar-refractivity contribution is -0.287. The molecule has 1 saturated heterocycles. The zero-order valence-electron chi connectivity index (χ0n) is 20.8. The topological polar surface area (TPSA) is 40.2 Å². The van der Waals surface area contributed by atoms with Crippen molar-refractivity contribution >= 4 is 31.9 Å². The smallest absolute Gasteiger partial charge is 0.219 e. The summed E-state index contributed by atoms with van der Waals surface area (Å²) in [5, 5.41) is 0. The van der Waals surface area contributed by atoms with Gasteiger partial charge in [-0.3, -0.25) is 4.90 Å². The van der Waals surface area contributed by atoms with E-state index in [0.717, 1.165) is 53.3 Å². The number of hydrogen-bond donors (Lipinski definition) is 0. The quantitative estimate of drug-likeness (QED) is 0.288. The van der Waals surface area contributed by atoms with Crippen molar-refractivity contribution in [2.45, 2.75) is 66.9 Å². The Morgan fingerprint density at radius 2 is 1.92 bits per heavy atom. The van der Waals surface area contributed by atoms with Gasteiger partial charge in [0.1, 0.15) is 6.61 Å². The number of hydrogen-bond acceptors (Lipinski definition) is 5. The minimum absolute atomic E-state index is 0.0412. The molecule has 5 nitrogen and oxygen atoms in total. The van der Waals surface area contributed by atoms with Gasteiger partial charge in [-0.05, 0) is 67.7 Å². The van der Waals surface area contributed by atoms with E-state index in [4.69, 9.17) is 18.9 Å². The summed E-state index contributed by atoms with van der Waals surface area (Å²) in [7, 11) is 3.51. The fraction of sp³-hybridized carbons (Fsp3) is 0.586. The van der Waals surface area contributed by atoms with E-state index < -0.39 is 5.79 Å². The average Bonchev–Trinajstić information content (AvgIpc) is 3.64. The van der Waals surface area contributed by atoms with Crippen molar-refractivity contribution in [3.63, 3.8) is 0 Å². The molecule has 7 heteroatoms. The SMILES string of the molecule is COC1(OC)C(Br)CC2[C@@H]3Cc4c(Br)cc(OCc5ccccc5)c5c4[C@]2(CCN3CC2CC2)[C@@H]1O5. The van der Waals surface area contributed by atoms with Crippen LogP contribution < -0.4 is 9.47 Å². The Kier molecular flexibility index (Phi) is 5.79. The molecular weight excluding hydrogens is 586 g/mol. The van der Waals surface area contributed by atoms with Gasteiger partial charge in [0.2, 0.25) is 5.79 Å². The van der Waals surface area contributed by atoms with Crippen LogP contribution in [0.5, 0.6) is 11.5 Å². The fourth-order valence-corrected chi connectivity index (χ4v) is 9.40. The van der Waals surface area contributed by atoms with E-state index in [-0.39, 0.29) is 16.3 Å². The molecule has 5 atom stereocenters. The van der Waals surface area contributed by atoms with Gasteiger partial charge in [0.15, 0.2) is 17.6 Å². The van der Waals surface area contributed by atoms with Crippen molar-refractivity contribution in [2.75, 3.05) is 27.3 Å². The predicted octanol–water partition coefficient (Wildman–Crippen LogP) is 5.84. The maximum absolute atomic E-state index is 7.01. The number of likely N-dealkylation sites (tertiary alicyclic amines) is 1. The second-order valence-corrected chi connectivity index (χ2v) is 13.2. The zero-order valence-corrected chi connectivity index (χ0v) is 24.0. The van der Waals surface area contributed by atoms with Gasteiger partial charge in [-0.1, -0.05) is 62.2 Å². The lowest BCUT2D eigenvalue weighted by Gasteiger charge is -2.62. The van der Waals surface area contributed by atoms with Crippen LogP contribution in [0, 0.1) is 11.8 Å². The second-order valence-electron chi connectivity index (χ2n) is 11.3. The van der Waals surface area contributed by atoms with Crippen LogP contribution >= 0.6 is 31.9 Å². The van der Waals surface area contributed by atoms with Crippen LogP contribution in [0.4, 0.5) is 0 Å². The van der Waals surface area contributed by atoms with E-state index >= 15 is 0 Å². The van der Waals surface area contributed by atoms with Crippen molar-refractivity contribution in [1.82, 2.24) is 4.90 Å². The Hall–Kier alpha value is -1.12. The Labute approximate surface area is 230 Å². The standard InChI is InChI=1S/C29H33Br2NO4/c1-33-29(34-2)24(31)13-20-22-12-19-21(30)14-23(35-16-18-6-4-3-5-7-18)26-25(19)28(20,27(29)36-26)10-11-32(22)15-17-8-9-17/h3-7,14,17,20,22,24,27H,8-13,15-16H2,1-2H3/t20?,22-,24?,27-,28+/m0/s1. The molecule has 2 saturated carbocycles. The number of ether oxygens (including phenoxy) is 4. The van der Waals surface area contributed by atoms with Gasteiger partial charge in [-0.15, -0.1) is 0 Å². The van der Waals surface area contributed by atoms with E-state index in [2.05, 4.69) is 55.0 Å². The molecule has 3 fully saturated rings. The van der Waals surface area contributed by atoms with Gasteiger partial charge in [0.25, 0.3) is 0 Å². The number of rotatable bonds is 7. The Morgan fingerprint density at radius 3 is 2.64 bits per heavy atom. The summed E-state index contributed by atoms with van der Waals surface area (Å²) in [4.78, 5) is 2.84. The molecule has 0 aromatic heterocycles. The van der Waals surface area contributed by atoms with Crippen molar-refractivity contribution in [1.29, 1.82) is 0 Å². The summed E-state index contributed by atoms with van der Waals surface area (Å²) in [5.74, 6) is 2.19. The summed E-state index contributed by atoms with van der Waals surface area (Å²) in [5.41, 5.74) is 3.71. The molecule has 192 valence electrons. The first-order valence-electron chi connectivity index (χ1n) is 13.2. The first-order chi connectivity index (χ1) is 17.5. The molecule has 2 aromatic rings. The molecule has 2 heterocycles. The molecule has 2 aliphatic heterocycles. The lowest BCUT2D eigenvalue weighted by atomic mass is 9.50. The first kappa shape index (κ1) is 24.0. The number of alkyl halides is 1. The van der Waals surface area contributed by atoms with Gasteiger partial charge in [-0.25, -0.2) is 0 Å². The van der Waals surface area contributed by atoms with E-state index in [1.807, 2.05) is 18.2 Å². The lowest BCUT2D eigenvalue weighted by Crippen LogP contribution is -2.74. The third kappa shape index (κ3) is 3.28. The summed E-state index contributed by atoms with van der Waals surface area (Å²) < 4.78 is 27.0. The van der Waals surface area contributed by atoms with Gasteiger partial charge in [0.05, 0.1) is 4.83 Å². The molecule has 7 rings (SSSR count). The van der Waals surface area contributed by atoms with E-state index in [1.54, 1.807) is 14.2 Å². The summed E-state index contributed by atoms with van der Waals surface area (Å²) in [6.45, 7) is 2.83. The highest BCUT2D eigenvalue weighted by Gasteiger charge is 2.73. The van der Waals surface area contributed by atoms with Crippen LogP contribution in [0.15, 0.2) is 40.9 Å². The highest BCUT2D eigenvalue weighted by molar-refractivity contribution is 9.10. The minimum atomic E-state index is -0.865. The first-order valence-corrected chi connectivity index (χ1v) is 14.9. The van der Waals surface area contributed by atoms with Crippen LogP contribution in [-0.4, -0.2) is 55.0 Å². The van der Waals surface area contributed by atoms with Crippen LogP contribution in [0.1, 0.15) is 42.4 Å². The molecule has 1 spiro atoms.